The molecule has 3 N–H and O–H groups in total. The van der Waals surface area contributed by atoms with E-state index in [4.69, 9.17) is 4.84 Å². The zero-order chi connectivity index (χ0) is 24.2. The van der Waals surface area contributed by atoms with E-state index in [1.165, 1.54) is 0 Å². The summed E-state index contributed by atoms with van der Waals surface area (Å²) in [6.07, 6.45) is -5.05. The smallest absolute Gasteiger partial charge is 0.356 e. The van der Waals surface area contributed by atoms with Crippen LogP contribution in [0.4, 0.5) is 26.3 Å². The third kappa shape index (κ3) is 7.71. The average molecular weight is 488 g/mol. The lowest BCUT2D eigenvalue weighted by atomic mass is 9.74. The predicted octanol–water partition coefficient (Wildman–Crippen LogP) is 5.03. The largest absolute Gasteiger partial charge is 0.391 e. The monoisotopic (exact) mass is 487 g/mol. The van der Waals surface area contributed by atoms with Crippen LogP contribution in [0.1, 0.15) is 71.1 Å². The number of halogens is 6. The summed E-state index contributed by atoms with van der Waals surface area (Å²) in [5.41, 5.74) is 2.98. The van der Waals surface area contributed by atoms with Gasteiger partial charge < -0.3 is 5.32 Å². The minimum atomic E-state index is -4.66. The van der Waals surface area contributed by atoms with Crippen molar-refractivity contribution in [2.24, 2.45) is 29.6 Å². The van der Waals surface area contributed by atoms with Gasteiger partial charge in [-0.3, -0.25) is 14.9 Å². The van der Waals surface area contributed by atoms with Crippen LogP contribution >= 0.6 is 0 Å². The van der Waals surface area contributed by atoms with Gasteiger partial charge in [-0.2, -0.15) is 31.8 Å². The molecule has 11 heteroatoms. The third-order valence-electron chi connectivity index (χ3n) is 7.53. The minimum Gasteiger partial charge on any atom is -0.356 e. The maximum atomic E-state index is 13.1. The third-order valence-corrected chi connectivity index (χ3v) is 7.53. The Labute approximate surface area is 190 Å². The summed E-state index contributed by atoms with van der Waals surface area (Å²) >= 11 is 0. The molecule has 3 aliphatic rings. The molecule has 1 heterocycles. The normalized spacial score (nSPS) is 36.0. The topological polar surface area (TPSA) is 62.4 Å². The number of amides is 1. The van der Waals surface area contributed by atoms with Crippen LogP contribution in [0.3, 0.4) is 0 Å². The van der Waals surface area contributed by atoms with Crippen molar-refractivity contribution in [1.29, 1.82) is 0 Å². The Morgan fingerprint density at radius 2 is 1.55 bits per heavy atom. The molecule has 3 rings (SSSR count). The summed E-state index contributed by atoms with van der Waals surface area (Å²) in [5.74, 6) is -4.27. The molecule has 1 amide bonds. The highest BCUT2D eigenvalue weighted by molar-refractivity contribution is 5.75. The predicted molar refractivity (Wildman–Crippen MR) is 109 cm³/mol. The average Bonchev–Trinajstić information content (AvgIpc) is 3.24. The highest BCUT2D eigenvalue weighted by Crippen LogP contribution is 2.47. The first kappa shape index (κ1) is 26.5. The maximum Gasteiger partial charge on any atom is 0.391 e. The highest BCUT2D eigenvalue weighted by atomic mass is 19.4. The van der Waals surface area contributed by atoms with Crippen molar-refractivity contribution in [1.82, 2.24) is 16.1 Å². The van der Waals surface area contributed by atoms with E-state index in [1.54, 1.807) is 0 Å². The van der Waals surface area contributed by atoms with Crippen LogP contribution in [0, 0.1) is 29.6 Å². The van der Waals surface area contributed by atoms with Crippen molar-refractivity contribution in [3.05, 3.63) is 0 Å². The molecule has 0 bridgehead atoms. The van der Waals surface area contributed by atoms with E-state index >= 15 is 0 Å². The van der Waals surface area contributed by atoms with Crippen molar-refractivity contribution in [3.63, 3.8) is 0 Å². The van der Waals surface area contributed by atoms with Gasteiger partial charge in [-0.1, -0.05) is 19.8 Å². The summed E-state index contributed by atoms with van der Waals surface area (Å²) in [4.78, 5) is 17.8. The molecule has 0 radical (unpaired) electrons. The standard InChI is InChI=1S/C22H35F6N3O2/c1-2-18-30-20(33-31-18)15-6-3-13(4-7-15)5-8-19(32)29-12-14-9-16(21(23,24)25)11-17(10-14)22(26,27)28/h13-18,20,30-31H,2-12H2,1H3,(H,29,32). The Kier molecular flexibility index (Phi) is 8.94. The molecule has 2 saturated carbocycles. The van der Waals surface area contributed by atoms with Gasteiger partial charge in [0.15, 0.2) is 0 Å². The van der Waals surface area contributed by atoms with Crippen LogP contribution < -0.4 is 16.1 Å². The van der Waals surface area contributed by atoms with E-state index in [0.29, 0.717) is 18.3 Å². The molecule has 192 valence electrons. The summed E-state index contributed by atoms with van der Waals surface area (Å²) in [7, 11) is 0. The molecular formula is C22H35F6N3O2. The summed E-state index contributed by atoms with van der Waals surface area (Å²) in [6, 6.07) is 0. The zero-order valence-corrected chi connectivity index (χ0v) is 18.9. The van der Waals surface area contributed by atoms with Gasteiger partial charge in [-0.25, -0.2) is 0 Å². The molecule has 0 aromatic carbocycles. The highest BCUT2D eigenvalue weighted by Gasteiger charge is 2.51. The summed E-state index contributed by atoms with van der Waals surface area (Å²) in [5, 5.41) is 6.00. The number of nitrogens with one attached hydrogen (secondary N) is 3. The Hall–Kier alpha value is -1.07. The summed E-state index contributed by atoms with van der Waals surface area (Å²) in [6.45, 7) is 1.93. The first-order valence-corrected chi connectivity index (χ1v) is 12.0. The fraction of sp³-hybridized carbons (Fsp3) is 0.955. The lowest BCUT2D eigenvalue weighted by Crippen LogP contribution is -2.41. The Morgan fingerprint density at radius 1 is 0.939 bits per heavy atom. The second-order valence-electron chi connectivity index (χ2n) is 9.96. The van der Waals surface area contributed by atoms with Crippen molar-refractivity contribution >= 4 is 5.91 Å². The molecule has 33 heavy (non-hydrogen) atoms. The SMILES string of the molecule is CCC1NOC(C2CCC(CCC(=O)NCC3CC(C(F)(F)F)CC(C(F)(F)F)C3)CC2)N1. The second kappa shape index (κ2) is 11.1. The van der Waals surface area contributed by atoms with Crippen LogP contribution in [0.25, 0.3) is 0 Å². The lowest BCUT2D eigenvalue weighted by molar-refractivity contribution is -0.228. The van der Waals surface area contributed by atoms with Gasteiger partial charge in [-0.15, -0.1) is 0 Å². The van der Waals surface area contributed by atoms with E-state index in [0.717, 1.165) is 32.1 Å². The molecule has 0 spiro atoms. The Balaban J connectivity index is 1.37. The van der Waals surface area contributed by atoms with E-state index in [-0.39, 0.29) is 44.1 Å². The van der Waals surface area contributed by atoms with E-state index in [9.17, 15) is 31.1 Å². The van der Waals surface area contributed by atoms with Gasteiger partial charge in [0.05, 0.1) is 18.0 Å². The van der Waals surface area contributed by atoms with Crippen molar-refractivity contribution < 1.29 is 36.0 Å². The van der Waals surface area contributed by atoms with Crippen LogP contribution in [0.2, 0.25) is 0 Å². The molecule has 2 aliphatic carbocycles. The van der Waals surface area contributed by atoms with Crippen molar-refractivity contribution in [2.45, 2.75) is 95.9 Å². The Bertz CT molecular complexity index is 615. The fourth-order valence-electron chi connectivity index (χ4n) is 5.45. The van der Waals surface area contributed by atoms with E-state index < -0.39 is 36.5 Å². The molecule has 5 nitrogen and oxygen atoms in total. The quantitative estimate of drug-likeness (QED) is 0.441. The molecule has 1 aliphatic heterocycles. The van der Waals surface area contributed by atoms with Gasteiger partial charge in [0.2, 0.25) is 5.91 Å². The van der Waals surface area contributed by atoms with Crippen LogP contribution in [-0.2, 0) is 9.63 Å². The van der Waals surface area contributed by atoms with Gasteiger partial charge in [0.1, 0.15) is 6.23 Å². The van der Waals surface area contributed by atoms with Crippen molar-refractivity contribution in [2.75, 3.05) is 6.54 Å². The number of carbonyl (C=O) groups excluding carboxylic acids is 1. The second-order valence-corrected chi connectivity index (χ2v) is 9.96. The number of hydroxylamine groups is 1. The fourth-order valence-corrected chi connectivity index (χ4v) is 5.45. The van der Waals surface area contributed by atoms with Gasteiger partial charge >= 0.3 is 12.4 Å². The van der Waals surface area contributed by atoms with Crippen molar-refractivity contribution in [3.8, 4) is 0 Å². The molecule has 0 aromatic heterocycles. The zero-order valence-electron chi connectivity index (χ0n) is 18.9. The van der Waals surface area contributed by atoms with E-state index in [1.807, 2.05) is 0 Å². The van der Waals surface area contributed by atoms with Crippen LogP contribution in [0.15, 0.2) is 0 Å². The first-order chi connectivity index (χ1) is 15.5. The molecule has 4 atom stereocenters. The van der Waals surface area contributed by atoms with Gasteiger partial charge in [0, 0.05) is 18.9 Å². The number of rotatable bonds is 7. The summed E-state index contributed by atoms with van der Waals surface area (Å²) < 4.78 is 78.6. The van der Waals surface area contributed by atoms with Gasteiger partial charge in [0.25, 0.3) is 0 Å². The van der Waals surface area contributed by atoms with E-state index in [2.05, 4.69) is 23.0 Å². The van der Waals surface area contributed by atoms with Crippen LogP contribution in [0.5, 0.6) is 0 Å². The number of hydrogen-bond acceptors (Lipinski definition) is 4. The maximum absolute atomic E-state index is 13.1. The number of carbonyl (C=O) groups is 1. The molecule has 3 fully saturated rings. The van der Waals surface area contributed by atoms with Gasteiger partial charge in [-0.05, 0) is 56.8 Å². The first-order valence-electron chi connectivity index (χ1n) is 12.0. The van der Waals surface area contributed by atoms with Crippen LogP contribution in [-0.4, -0.2) is 37.2 Å². The molecule has 4 unspecified atom stereocenters. The molecule has 0 aromatic rings. The Morgan fingerprint density at radius 3 is 2.06 bits per heavy atom. The number of alkyl halides is 6. The lowest BCUT2D eigenvalue weighted by Gasteiger charge is -2.36. The molecular weight excluding hydrogens is 452 g/mol. The number of hydrogen-bond donors (Lipinski definition) is 3. The molecule has 1 saturated heterocycles. The minimum absolute atomic E-state index is 0.00394.